The van der Waals surface area contributed by atoms with Crippen LogP contribution in [0.2, 0.25) is 0 Å². The molecule has 106 valence electrons. The summed E-state index contributed by atoms with van der Waals surface area (Å²) in [4.78, 5) is 22.7. The molecule has 0 fully saturated rings. The van der Waals surface area contributed by atoms with E-state index in [9.17, 15) is 9.59 Å². The van der Waals surface area contributed by atoms with Gasteiger partial charge < -0.3 is 9.47 Å². The van der Waals surface area contributed by atoms with E-state index in [0.717, 1.165) is 0 Å². The maximum absolute atomic E-state index is 11.5. The number of esters is 2. The normalized spacial score (nSPS) is 9.30. The number of unbranched alkanes of at least 4 members (excludes halogenated alkanes) is 1. The van der Waals surface area contributed by atoms with Crippen LogP contribution >= 0.6 is 0 Å². The lowest BCUT2D eigenvalue weighted by molar-refractivity contribution is -0.143. The molecule has 0 heterocycles. The quantitative estimate of drug-likeness (QED) is 0.470. The van der Waals surface area contributed by atoms with E-state index < -0.39 is 5.97 Å². The lowest BCUT2D eigenvalue weighted by atomic mass is 10.1. The van der Waals surface area contributed by atoms with Gasteiger partial charge in [0.15, 0.2) is 0 Å². The topological polar surface area (TPSA) is 52.6 Å². The van der Waals surface area contributed by atoms with E-state index in [-0.39, 0.29) is 5.97 Å². The minimum absolute atomic E-state index is 0.204. The average Bonchev–Trinajstić information content (AvgIpc) is 2.47. The largest absolute Gasteiger partial charge is 0.466 e. The summed E-state index contributed by atoms with van der Waals surface area (Å²) in [7, 11) is 1.34. The summed E-state index contributed by atoms with van der Waals surface area (Å²) < 4.78 is 9.52. The van der Waals surface area contributed by atoms with Crippen LogP contribution in [0.25, 0.3) is 0 Å². The molecule has 0 unspecified atom stereocenters. The Labute approximate surface area is 119 Å². The zero-order valence-electron chi connectivity index (χ0n) is 11.8. The van der Waals surface area contributed by atoms with Gasteiger partial charge in [0.05, 0.1) is 19.3 Å². The fourth-order valence-electron chi connectivity index (χ4n) is 1.59. The van der Waals surface area contributed by atoms with Gasteiger partial charge in [-0.3, -0.25) is 4.79 Å². The van der Waals surface area contributed by atoms with Gasteiger partial charge >= 0.3 is 11.9 Å². The van der Waals surface area contributed by atoms with E-state index in [2.05, 4.69) is 11.8 Å². The van der Waals surface area contributed by atoms with Crippen LogP contribution in [0.3, 0.4) is 0 Å². The molecule has 20 heavy (non-hydrogen) atoms. The number of carbonyl (C=O) groups excluding carboxylic acids is 2. The molecule has 4 nitrogen and oxygen atoms in total. The molecular weight excluding hydrogens is 256 g/mol. The molecule has 0 radical (unpaired) electrons. The van der Waals surface area contributed by atoms with Gasteiger partial charge in [-0.1, -0.05) is 24.0 Å². The Morgan fingerprint density at radius 3 is 2.70 bits per heavy atom. The van der Waals surface area contributed by atoms with Gasteiger partial charge in [0.1, 0.15) is 0 Å². The van der Waals surface area contributed by atoms with Crippen molar-refractivity contribution < 1.29 is 19.1 Å². The molecule has 0 aliphatic carbocycles. The summed E-state index contributed by atoms with van der Waals surface area (Å²) in [5.74, 6) is 5.28. The molecule has 0 atom stereocenters. The number of hydrogen-bond acceptors (Lipinski definition) is 4. The minimum atomic E-state index is -0.401. The fourth-order valence-corrected chi connectivity index (χ4v) is 1.59. The second-order valence-electron chi connectivity index (χ2n) is 4.00. The molecule has 0 aromatic heterocycles. The van der Waals surface area contributed by atoms with Crippen molar-refractivity contribution in [1.29, 1.82) is 0 Å². The fraction of sp³-hybridized carbons (Fsp3) is 0.375. The molecule has 0 aliphatic heterocycles. The Morgan fingerprint density at radius 1 is 1.25 bits per heavy atom. The molecule has 1 aromatic carbocycles. The molecule has 1 aromatic rings. The van der Waals surface area contributed by atoms with Crippen LogP contribution in [0.15, 0.2) is 24.3 Å². The van der Waals surface area contributed by atoms with E-state index >= 15 is 0 Å². The lowest BCUT2D eigenvalue weighted by Gasteiger charge is -2.01. The van der Waals surface area contributed by atoms with Crippen molar-refractivity contribution in [1.82, 2.24) is 0 Å². The lowest BCUT2D eigenvalue weighted by Crippen LogP contribution is -2.03. The second kappa shape index (κ2) is 8.76. The third-order valence-electron chi connectivity index (χ3n) is 2.54. The van der Waals surface area contributed by atoms with E-state index in [0.29, 0.717) is 37.0 Å². The molecule has 4 heteroatoms. The zero-order valence-corrected chi connectivity index (χ0v) is 11.8. The Balaban J connectivity index is 2.55. The summed E-state index contributed by atoms with van der Waals surface area (Å²) in [5, 5.41) is 0. The van der Waals surface area contributed by atoms with Gasteiger partial charge in [-0.2, -0.15) is 0 Å². The highest BCUT2D eigenvalue weighted by Gasteiger charge is 2.08. The molecule has 0 N–H and O–H groups in total. The van der Waals surface area contributed by atoms with Crippen LogP contribution in [0, 0.1) is 11.8 Å². The van der Waals surface area contributed by atoms with Crippen molar-refractivity contribution in [2.24, 2.45) is 0 Å². The molecule has 0 bridgehead atoms. The first-order valence-corrected chi connectivity index (χ1v) is 6.50. The first kappa shape index (κ1) is 15.8. The summed E-state index contributed by atoms with van der Waals surface area (Å²) in [5.41, 5.74) is 1.09. The Kier molecular flexibility index (Phi) is 6.91. The van der Waals surface area contributed by atoms with Gasteiger partial charge in [0.2, 0.25) is 0 Å². The van der Waals surface area contributed by atoms with Gasteiger partial charge in [0, 0.05) is 18.4 Å². The molecule has 0 saturated heterocycles. The number of hydrogen-bond donors (Lipinski definition) is 0. The van der Waals surface area contributed by atoms with Crippen molar-refractivity contribution in [2.75, 3.05) is 13.7 Å². The minimum Gasteiger partial charge on any atom is -0.466 e. The zero-order chi connectivity index (χ0) is 14.8. The predicted molar refractivity (Wildman–Crippen MR) is 75.1 cm³/mol. The first-order valence-electron chi connectivity index (χ1n) is 6.50. The van der Waals surface area contributed by atoms with Crippen LogP contribution in [-0.2, 0) is 14.3 Å². The van der Waals surface area contributed by atoms with Gasteiger partial charge in [0.25, 0.3) is 0 Å². The Hall–Kier alpha value is -2.28. The average molecular weight is 274 g/mol. The third-order valence-corrected chi connectivity index (χ3v) is 2.54. The number of rotatable bonds is 5. The summed E-state index contributed by atoms with van der Waals surface area (Å²) in [6.45, 7) is 2.18. The van der Waals surface area contributed by atoms with Gasteiger partial charge in [-0.25, -0.2) is 4.79 Å². The van der Waals surface area contributed by atoms with Crippen molar-refractivity contribution in [3.63, 3.8) is 0 Å². The second-order valence-corrected chi connectivity index (χ2v) is 4.00. The Bertz CT molecular complexity index is 523. The Morgan fingerprint density at radius 2 is 2.00 bits per heavy atom. The van der Waals surface area contributed by atoms with Crippen LogP contribution < -0.4 is 0 Å². The van der Waals surface area contributed by atoms with Crippen molar-refractivity contribution >= 4 is 11.9 Å². The third kappa shape index (κ3) is 5.15. The van der Waals surface area contributed by atoms with Crippen molar-refractivity contribution in [3.8, 4) is 11.8 Å². The highest BCUT2D eigenvalue weighted by molar-refractivity contribution is 5.92. The summed E-state index contributed by atoms with van der Waals surface area (Å²) in [6.07, 6.45) is 1.59. The molecule has 0 spiro atoms. The number of carbonyl (C=O) groups is 2. The highest BCUT2D eigenvalue weighted by atomic mass is 16.5. The van der Waals surface area contributed by atoms with Crippen LogP contribution in [0.1, 0.15) is 42.1 Å². The smallest absolute Gasteiger partial charge is 0.339 e. The molecule has 1 rings (SSSR count). The first-order chi connectivity index (χ1) is 9.69. The SMILES string of the molecule is CCOC(=O)CCCC#Cc1ccccc1C(=O)OC. The summed E-state index contributed by atoms with van der Waals surface area (Å²) >= 11 is 0. The number of methoxy groups -OCH3 is 1. The number of ether oxygens (including phenoxy) is 2. The monoisotopic (exact) mass is 274 g/mol. The van der Waals surface area contributed by atoms with Crippen molar-refractivity contribution in [3.05, 3.63) is 35.4 Å². The highest BCUT2D eigenvalue weighted by Crippen LogP contribution is 2.08. The predicted octanol–water partition coefficient (Wildman–Crippen LogP) is 2.56. The maximum Gasteiger partial charge on any atom is 0.339 e. The van der Waals surface area contributed by atoms with Crippen LogP contribution in [-0.4, -0.2) is 25.7 Å². The van der Waals surface area contributed by atoms with Crippen LogP contribution in [0.5, 0.6) is 0 Å². The molecule has 0 amide bonds. The molecular formula is C16H18O4. The molecule has 0 saturated carbocycles. The van der Waals surface area contributed by atoms with Crippen LogP contribution in [0.4, 0.5) is 0 Å². The maximum atomic E-state index is 11.5. The van der Waals surface area contributed by atoms with E-state index in [4.69, 9.17) is 9.47 Å². The van der Waals surface area contributed by atoms with E-state index in [1.54, 1.807) is 25.1 Å². The van der Waals surface area contributed by atoms with Crippen molar-refractivity contribution in [2.45, 2.75) is 26.2 Å². The summed E-state index contributed by atoms with van der Waals surface area (Å²) in [6, 6.07) is 7.02. The van der Waals surface area contributed by atoms with E-state index in [1.807, 2.05) is 6.07 Å². The number of benzene rings is 1. The standard InChI is InChI=1S/C16H18O4/c1-3-20-15(17)12-6-4-5-9-13-10-7-8-11-14(13)16(18)19-2/h7-8,10-11H,3-4,6,12H2,1-2H3. The van der Waals surface area contributed by atoms with E-state index in [1.165, 1.54) is 7.11 Å². The van der Waals surface area contributed by atoms with Gasteiger partial charge in [-0.05, 0) is 25.5 Å². The van der Waals surface area contributed by atoms with Gasteiger partial charge in [-0.15, -0.1) is 0 Å². The molecule has 0 aliphatic rings.